The molecule has 0 N–H and O–H groups in total. The molecule has 1 heterocycles. The van der Waals surface area contributed by atoms with Gasteiger partial charge in [0.2, 0.25) is 5.90 Å². The number of rotatable bonds is 5. The highest BCUT2D eigenvalue weighted by atomic mass is 31.0. The van der Waals surface area contributed by atoms with Gasteiger partial charge in [0.05, 0.1) is 7.32 Å². The van der Waals surface area contributed by atoms with Crippen LogP contribution >= 0.6 is 9.18 Å². The highest BCUT2D eigenvalue weighted by molar-refractivity contribution is 7.28. The molecule has 0 amide bonds. The summed E-state index contributed by atoms with van der Waals surface area (Å²) in [6.45, 7) is 0.582. The molecule has 0 saturated heterocycles. The third kappa shape index (κ3) is 3.71. The molecule has 0 aliphatic carbocycles. The van der Waals surface area contributed by atoms with Crippen molar-refractivity contribution in [1.29, 1.82) is 1.28 Å². The maximum absolute atomic E-state index is 8.32. The molecule has 3 heteroatoms. The summed E-state index contributed by atoms with van der Waals surface area (Å²) in [7, 11) is -0.0587. The molecule has 5 aromatic carbocycles. The van der Waals surface area contributed by atoms with Gasteiger partial charge in [-0.2, -0.15) is 0 Å². The molecule has 33 heavy (non-hydrogen) atoms. The maximum Gasteiger partial charge on any atom is 0.217 e. The van der Waals surface area contributed by atoms with Crippen molar-refractivity contribution in [3.63, 3.8) is 0 Å². The molecule has 1 aliphatic heterocycles. The van der Waals surface area contributed by atoms with E-state index in [9.17, 15) is 0 Å². The molecule has 0 bridgehead atoms. The SMILES string of the molecule is [2H]Pc1ccc2ccccc2c1-c1c(C2=N[C@@H](Cc3ccccc3)CO2)ccc2ccccc12. The summed E-state index contributed by atoms with van der Waals surface area (Å²) in [6.07, 6.45) is 0.862. The maximum atomic E-state index is 8.32. The van der Waals surface area contributed by atoms with Crippen molar-refractivity contribution in [1.82, 2.24) is 0 Å². The average Bonchev–Trinajstić information content (AvgIpc) is 3.36. The number of hydrogen-bond donors (Lipinski definition) is 0. The van der Waals surface area contributed by atoms with E-state index in [1.54, 1.807) is 0 Å². The van der Waals surface area contributed by atoms with Gasteiger partial charge in [-0.05, 0) is 50.5 Å². The minimum atomic E-state index is -0.0587. The monoisotopic (exact) mass is 446 g/mol. The molecule has 1 unspecified atom stereocenters. The second kappa shape index (κ2) is 8.46. The lowest BCUT2D eigenvalue weighted by Gasteiger charge is -2.17. The summed E-state index contributed by atoms with van der Waals surface area (Å²) in [5, 5.41) is 5.71. The molecule has 0 radical (unpaired) electrons. The Balaban J connectivity index is 1.56. The average molecular weight is 447 g/mol. The van der Waals surface area contributed by atoms with E-state index in [2.05, 4.69) is 97.1 Å². The van der Waals surface area contributed by atoms with Crippen molar-refractivity contribution in [3.8, 4) is 11.1 Å². The van der Waals surface area contributed by atoms with Crippen molar-refractivity contribution in [2.45, 2.75) is 12.5 Å². The summed E-state index contributed by atoms with van der Waals surface area (Å²) < 4.78 is 14.5. The van der Waals surface area contributed by atoms with Crippen LogP contribution in [0.1, 0.15) is 11.1 Å². The van der Waals surface area contributed by atoms with Gasteiger partial charge in [0.15, 0.2) is 0 Å². The van der Waals surface area contributed by atoms with Gasteiger partial charge in [-0.1, -0.05) is 97.1 Å². The zero-order valence-electron chi connectivity index (χ0n) is 19.2. The lowest BCUT2D eigenvalue weighted by atomic mass is 9.90. The Kier molecular flexibility index (Phi) is 4.88. The summed E-state index contributed by atoms with van der Waals surface area (Å²) in [6, 6.07) is 36.0. The Morgan fingerprint density at radius 1 is 0.758 bits per heavy atom. The third-order valence-corrected chi connectivity index (χ3v) is 6.78. The van der Waals surface area contributed by atoms with Gasteiger partial charge in [-0.25, -0.2) is 4.99 Å². The Bertz CT molecular complexity index is 1530. The van der Waals surface area contributed by atoms with Crippen LogP contribution in [-0.2, 0) is 11.2 Å². The van der Waals surface area contributed by atoms with E-state index < -0.39 is 0 Å². The lowest BCUT2D eigenvalue weighted by molar-refractivity contribution is 0.317. The van der Waals surface area contributed by atoms with Crippen LogP contribution in [0.25, 0.3) is 32.7 Å². The Morgan fingerprint density at radius 3 is 2.18 bits per heavy atom. The molecule has 160 valence electrons. The quantitative estimate of drug-likeness (QED) is 0.281. The third-order valence-electron chi connectivity index (χ3n) is 6.36. The van der Waals surface area contributed by atoms with Crippen LogP contribution in [-0.4, -0.2) is 19.8 Å². The summed E-state index contributed by atoms with van der Waals surface area (Å²) in [5.74, 6) is 0.703. The van der Waals surface area contributed by atoms with E-state index >= 15 is 0 Å². The van der Waals surface area contributed by atoms with E-state index in [0.717, 1.165) is 39.2 Å². The standard InChI is InChI=1S/C30H24NOP/c33-27-17-15-22-11-5-7-13-25(22)29(27)28-24-12-6-4-10-21(24)14-16-26(28)30-31-23(19-32-30)18-20-8-2-1-3-9-20/h1-17,23H,18-19,33H2/t23-/m0/s1/i33D/t23-,33?. The second-order valence-electron chi connectivity index (χ2n) is 8.51. The first kappa shape index (κ1) is 19.0. The Morgan fingerprint density at radius 2 is 1.42 bits per heavy atom. The first-order valence-corrected chi connectivity index (χ1v) is 11.8. The van der Waals surface area contributed by atoms with Crippen LogP contribution in [0, 0.1) is 0 Å². The number of nitrogens with zero attached hydrogens (tertiary/aromatic N) is 1. The smallest absolute Gasteiger partial charge is 0.217 e. The summed E-state index contributed by atoms with van der Waals surface area (Å²) in [5.41, 5.74) is 4.51. The first-order chi connectivity index (χ1) is 16.8. The molecular formula is C30H24NOP. The van der Waals surface area contributed by atoms with Crippen molar-refractivity contribution in [3.05, 3.63) is 114 Å². The predicted octanol–water partition coefficient (Wildman–Crippen LogP) is 6.55. The van der Waals surface area contributed by atoms with Crippen molar-refractivity contribution in [2.24, 2.45) is 4.99 Å². The molecule has 0 fully saturated rings. The van der Waals surface area contributed by atoms with Gasteiger partial charge in [-0.3, -0.25) is 0 Å². The van der Waals surface area contributed by atoms with Crippen molar-refractivity contribution < 1.29 is 4.74 Å². The topological polar surface area (TPSA) is 21.6 Å². The highest BCUT2D eigenvalue weighted by Crippen LogP contribution is 2.37. The number of aliphatic imine (C=N–C) groups is 1. The molecule has 2 atom stereocenters. The van der Waals surface area contributed by atoms with Crippen LogP contribution < -0.4 is 5.30 Å². The number of fused-ring (bicyclic) bond motifs is 2. The van der Waals surface area contributed by atoms with Crippen LogP contribution in [0.15, 0.2) is 108 Å². The van der Waals surface area contributed by atoms with E-state index in [0.29, 0.717) is 12.5 Å². The molecular weight excluding hydrogens is 421 g/mol. The highest BCUT2D eigenvalue weighted by Gasteiger charge is 2.25. The zero-order chi connectivity index (χ0) is 22.9. The van der Waals surface area contributed by atoms with Crippen molar-refractivity contribution >= 4 is 41.9 Å². The van der Waals surface area contributed by atoms with Gasteiger partial charge in [0, 0.05) is 11.1 Å². The van der Waals surface area contributed by atoms with Gasteiger partial charge in [0.25, 0.3) is 0 Å². The fourth-order valence-electron chi connectivity index (χ4n) is 4.81. The number of hydrogen-bond acceptors (Lipinski definition) is 2. The molecule has 0 aromatic heterocycles. The summed E-state index contributed by atoms with van der Waals surface area (Å²) >= 11 is 0. The lowest BCUT2D eigenvalue weighted by Crippen LogP contribution is -2.10. The minimum Gasteiger partial charge on any atom is -0.475 e. The normalized spacial score (nSPS) is 16.3. The van der Waals surface area contributed by atoms with E-state index in [1.807, 2.05) is 6.07 Å². The molecule has 0 saturated carbocycles. The van der Waals surface area contributed by atoms with Crippen molar-refractivity contribution in [2.75, 3.05) is 6.61 Å². The van der Waals surface area contributed by atoms with E-state index in [-0.39, 0.29) is 15.2 Å². The molecule has 6 rings (SSSR count). The van der Waals surface area contributed by atoms with E-state index in [4.69, 9.17) is 11.0 Å². The molecule has 1 aliphatic rings. The zero-order valence-corrected chi connectivity index (χ0v) is 19.2. The molecule has 0 spiro atoms. The summed E-state index contributed by atoms with van der Waals surface area (Å²) in [4.78, 5) is 5.03. The fourth-order valence-corrected chi connectivity index (χ4v) is 5.16. The Labute approximate surface area is 197 Å². The number of benzene rings is 5. The van der Waals surface area contributed by atoms with Crippen LogP contribution in [0.4, 0.5) is 0 Å². The fraction of sp³-hybridized carbons (Fsp3) is 0.100. The van der Waals surface area contributed by atoms with E-state index in [1.165, 1.54) is 16.3 Å². The van der Waals surface area contributed by atoms with Gasteiger partial charge in [-0.15, -0.1) is 9.18 Å². The Hall–Kier alpha value is -3.48. The second-order valence-corrected chi connectivity index (χ2v) is 9.05. The van der Waals surface area contributed by atoms with Crippen LogP contribution in [0.5, 0.6) is 0 Å². The molecule has 5 aromatic rings. The molecule has 2 nitrogen and oxygen atoms in total. The number of ether oxygens (including phenoxy) is 1. The predicted molar refractivity (Wildman–Crippen MR) is 143 cm³/mol. The van der Waals surface area contributed by atoms with Gasteiger partial charge < -0.3 is 4.74 Å². The van der Waals surface area contributed by atoms with Gasteiger partial charge in [0.1, 0.15) is 6.61 Å². The largest absolute Gasteiger partial charge is 0.475 e. The first-order valence-electron chi connectivity index (χ1n) is 11.8. The van der Waals surface area contributed by atoms with Gasteiger partial charge >= 0.3 is 0 Å². The van der Waals surface area contributed by atoms with Crippen LogP contribution in [0.2, 0.25) is 0 Å². The minimum absolute atomic E-state index is 0.0587. The van der Waals surface area contributed by atoms with Crippen LogP contribution in [0.3, 0.4) is 0 Å².